The maximum atomic E-state index is 12.6. The summed E-state index contributed by atoms with van der Waals surface area (Å²) in [6.45, 7) is 3.50. The largest absolute Gasteiger partial charge is 0.494 e. The van der Waals surface area contributed by atoms with Crippen molar-refractivity contribution in [2.75, 3.05) is 26.8 Å². The molecule has 2 N–H and O–H groups in total. The summed E-state index contributed by atoms with van der Waals surface area (Å²) in [4.78, 5) is 0.253. The highest BCUT2D eigenvalue weighted by atomic mass is 32.2. The molecule has 21 heavy (non-hydrogen) atoms. The van der Waals surface area contributed by atoms with Crippen LogP contribution in [0, 0.1) is 0 Å². The van der Waals surface area contributed by atoms with Gasteiger partial charge in [-0.1, -0.05) is 0 Å². The van der Waals surface area contributed by atoms with Gasteiger partial charge < -0.3 is 15.2 Å². The summed E-state index contributed by atoms with van der Waals surface area (Å²) >= 11 is 0. The first kappa shape index (κ1) is 16.2. The maximum Gasteiger partial charge on any atom is 0.243 e. The van der Waals surface area contributed by atoms with Crippen molar-refractivity contribution < 1.29 is 17.9 Å². The summed E-state index contributed by atoms with van der Waals surface area (Å²) in [5.41, 5.74) is 6.38. The van der Waals surface area contributed by atoms with Crippen LogP contribution in [0.1, 0.15) is 18.9 Å². The highest BCUT2D eigenvalue weighted by molar-refractivity contribution is 7.89. The van der Waals surface area contributed by atoms with E-state index in [1.165, 1.54) is 4.31 Å². The molecule has 0 aromatic heterocycles. The fourth-order valence-electron chi connectivity index (χ4n) is 2.43. The minimum absolute atomic E-state index is 0.0311. The maximum absolute atomic E-state index is 12.6. The van der Waals surface area contributed by atoms with Crippen molar-refractivity contribution in [1.29, 1.82) is 0 Å². The molecular weight excluding hydrogens is 292 g/mol. The van der Waals surface area contributed by atoms with Crippen LogP contribution in [0.3, 0.4) is 0 Å². The summed E-state index contributed by atoms with van der Waals surface area (Å²) in [5, 5.41) is 0. The molecule has 1 fully saturated rings. The first-order valence-electron chi connectivity index (χ1n) is 7.01. The second-order valence-electron chi connectivity index (χ2n) is 4.92. The van der Waals surface area contributed by atoms with Crippen molar-refractivity contribution in [2.45, 2.75) is 30.9 Å². The summed E-state index contributed by atoms with van der Waals surface area (Å²) in [6, 6.07) is 4.84. The summed E-state index contributed by atoms with van der Waals surface area (Å²) in [7, 11) is -1.90. The molecule has 0 bridgehead atoms. The van der Waals surface area contributed by atoms with Crippen LogP contribution in [0.2, 0.25) is 0 Å². The SMILES string of the molecule is CCOc1ccc(S(=O)(=O)N2CCC(OC)C2)cc1CN. The zero-order chi connectivity index (χ0) is 15.5. The molecule has 1 heterocycles. The van der Waals surface area contributed by atoms with E-state index < -0.39 is 10.0 Å². The van der Waals surface area contributed by atoms with E-state index in [4.69, 9.17) is 15.2 Å². The Hall–Kier alpha value is -1.15. The monoisotopic (exact) mass is 314 g/mol. The van der Waals surface area contributed by atoms with Gasteiger partial charge in [-0.3, -0.25) is 0 Å². The predicted octanol–water partition coefficient (Wildman–Crippen LogP) is 0.953. The lowest BCUT2D eigenvalue weighted by atomic mass is 10.2. The van der Waals surface area contributed by atoms with E-state index in [0.29, 0.717) is 31.0 Å². The van der Waals surface area contributed by atoms with E-state index in [2.05, 4.69) is 0 Å². The number of rotatable bonds is 6. The number of sulfonamides is 1. The number of nitrogens with two attached hydrogens (primary N) is 1. The molecule has 1 aromatic carbocycles. The molecule has 1 saturated heterocycles. The minimum Gasteiger partial charge on any atom is -0.494 e. The first-order chi connectivity index (χ1) is 10.0. The van der Waals surface area contributed by atoms with Crippen LogP contribution in [0.15, 0.2) is 23.1 Å². The van der Waals surface area contributed by atoms with Crippen LogP contribution in [-0.2, 0) is 21.3 Å². The molecule has 1 aliphatic rings. The molecule has 1 unspecified atom stereocenters. The lowest BCUT2D eigenvalue weighted by molar-refractivity contribution is 0.115. The second kappa shape index (κ2) is 6.74. The van der Waals surface area contributed by atoms with E-state index >= 15 is 0 Å². The molecule has 1 aliphatic heterocycles. The Bertz CT molecular complexity index is 589. The highest BCUT2D eigenvalue weighted by Crippen LogP contribution is 2.27. The van der Waals surface area contributed by atoms with E-state index in [9.17, 15) is 8.42 Å². The van der Waals surface area contributed by atoms with Crippen molar-refractivity contribution in [3.8, 4) is 5.75 Å². The van der Waals surface area contributed by atoms with Gasteiger partial charge in [0.2, 0.25) is 10.0 Å². The summed E-state index contributed by atoms with van der Waals surface area (Å²) in [6.07, 6.45) is 0.688. The van der Waals surface area contributed by atoms with E-state index in [1.54, 1.807) is 25.3 Å². The number of hydrogen-bond donors (Lipinski definition) is 1. The molecule has 1 aromatic rings. The third-order valence-corrected chi connectivity index (χ3v) is 5.49. The summed E-state index contributed by atoms with van der Waals surface area (Å²) in [5.74, 6) is 0.634. The van der Waals surface area contributed by atoms with Crippen molar-refractivity contribution >= 4 is 10.0 Å². The lowest BCUT2D eigenvalue weighted by Crippen LogP contribution is -2.30. The van der Waals surface area contributed by atoms with Crippen molar-refractivity contribution in [3.63, 3.8) is 0 Å². The van der Waals surface area contributed by atoms with Gasteiger partial charge in [-0.2, -0.15) is 4.31 Å². The smallest absolute Gasteiger partial charge is 0.243 e. The highest BCUT2D eigenvalue weighted by Gasteiger charge is 2.32. The Labute approximate surface area is 125 Å². The van der Waals surface area contributed by atoms with E-state index in [1.807, 2.05) is 6.92 Å². The van der Waals surface area contributed by atoms with Gasteiger partial charge in [-0.05, 0) is 31.5 Å². The van der Waals surface area contributed by atoms with Crippen molar-refractivity contribution in [2.24, 2.45) is 5.73 Å². The average Bonchev–Trinajstić information content (AvgIpc) is 2.97. The number of ether oxygens (including phenoxy) is 2. The standard InChI is InChI=1S/C14H22N2O4S/c1-3-20-14-5-4-13(8-11(14)9-15)21(17,18)16-7-6-12(10-16)19-2/h4-5,8,12H,3,6-7,9-10,15H2,1-2H3. The van der Waals surface area contributed by atoms with E-state index in [-0.39, 0.29) is 17.5 Å². The van der Waals surface area contributed by atoms with Gasteiger partial charge in [0.05, 0.1) is 17.6 Å². The molecule has 6 nitrogen and oxygen atoms in total. The third kappa shape index (κ3) is 3.37. The lowest BCUT2D eigenvalue weighted by Gasteiger charge is -2.18. The normalized spacial score (nSPS) is 19.9. The molecule has 0 amide bonds. The van der Waals surface area contributed by atoms with Gasteiger partial charge in [-0.15, -0.1) is 0 Å². The molecule has 1 atom stereocenters. The summed E-state index contributed by atoms with van der Waals surface area (Å²) < 4.78 is 37.4. The zero-order valence-electron chi connectivity index (χ0n) is 12.4. The number of nitrogens with zero attached hydrogens (tertiary/aromatic N) is 1. The number of benzene rings is 1. The van der Waals surface area contributed by atoms with Crippen LogP contribution >= 0.6 is 0 Å². The molecule has 7 heteroatoms. The molecule has 118 valence electrons. The van der Waals surface area contributed by atoms with Gasteiger partial charge in [0.15, 0.2) is 0 Å². The molecule has 2 rings (SSSR count). The first-order valence-corrected chi connectivity index (χ1v) is 8.45. The fourth-order valence-corrected chi connectivity index (χ4v) is 3.97. The predicted molar refractivity (Wildman–Crippen MR) is 79.7 cm³/mol. The number of methoxy groups -OCH3 is 1. The molecule has 0 saturated carbocycles. The minimum atomic E-state index is -3.50. The van der Waals surface area contributed by atoms with E-state index in [0.717, 1.165) is 6.42 Å². The Morgan fingerprint density at radius 2 is 2.19 bits per heavy atom. The van der Waals surface area contributed by atoms with Crippen LogP contribution < -0.4 is 10.5 Å². The van der Waals surface area contributed by atoms with Gasteiger partial charge in [0.25, 0.3) is 0 Å². The van der Waals surface area contributed by atoms with Gasteiger partial charge in [0.1, 0.15) is 5.75 Å². The van der Waals surface area contributed by atoms with Crippen LogP contribution in [0.25, 0.3) is 0 Å². The Kier molecular flexibility index (Phi) is 5.21. The molecule has 0 radical (unpaired) electrons. The Morgan fingerprint density at radius 1 is 1.43 bits per heavy atom. The molecular formula is C14H22N2O4S. The second-order valence-corrected chi connectivity index (χ2v) is 6.85. The molecule has 0 aliphatic carbocycles. The zero-order valence-corrected chi connectivity index (χ0v) is 13.2. The van der Waals surface area contributed by atoms with Crippen molar-refractivity contribution in [3.05, 3.63) is 23.8 Å². The van der Waals surface area contributed by atoms with Gasteiger partial charge in [0, 0.05) is 32.3 Å². The van der Waals surface area contributed by atoms with Crippen LogP contribution in [-0.4, -0.2) is 45.6 Å². The van der Waals surface area contributed by atoms with Gasteiger partial charge in [-0.25, -0.2) is 8.42 Å². The average molecular weight is 314 g/mol. The van der Waals surface area contributed by atoms with Crippen molar-refractivity contribution in [1.82, 2.24) is 4.31 Å². The molecule has 0 spiro atoms. The third-order valence-electron chi connectivity index (χ3n) is 3.63. The number of hydrogen-bond acceptors (Lipinski definition) is 5. The Morgan fingerprint density at radius 3 is 2.76 bits per heavy atom. The van der Waals surface area contributed by atoms with Crippen LogP contribution in [0.5, 0.6) is 5.75 Å². The quantitative estimate of drug-likeness (QED) is 0.845. The Balaban J connectivity index is 2.28. The topological polar surface area (TPSA) is 81.9 Å². The fraction of sp³-hybridized carbons (Fsp3) is 0.571. The van der Waals surface area contributed by atoms with Crippen LogP contribution in [0.4, 0.5) is 0 Å². The van der Waals surface area contributed by atoms with Gasteiger partial charge >= 0.3 is 0 Å².